The van der Waals surface area contributed by atoms with Gasteiger partial charge in [0.2, 0.25) is 0 Å². The summed E-state index contributed by atoms with van der Waals surface area (Å²) in [6.45, 7) is 9.12. The highest BCUT2D eigenvalue weighted by molar-refractivity contribution is 5.95. The van der Waals surface area contributed by atoms with Crippen molar-refractivity contribution in [2.24, 2.45) is 0 Å². The van der Waals surface area contributed by atoms with E-state index in [-0.39, 0.29) is 12.1 Å². The van der Waals surface area contributed by atoms with Gasteiger partial charge in [-0.3, -0.25) is 5.32 Å². The number of nitrogens with zero attached hydrogens (tertiary/aromatic N) is 2. The molecule has 180 valence electrons. The number of fused-ring (bicyclic) bond motifs is 1. The van der Waals surface area contributed by atoms with Crippen molar-refractivity contribution < 1.29 is 19.0 Å². The van der Waals surface area contributed by atoms with Crippen molar-refractivity contribution in [3.05, 3.63) is 48.0 Å². The molecular formula is C27H33N3O4. The molecule has 0 saturated heterocycles. The van der Waals surface area contributed by atoms with Crippen LogP contribution in [0.25, 0.3) is 22.2 Å². The van der Waals surface area contributed by atoms with E-state index in [1.54, 1.807) is 7.11 Å². The summed E-state index contributed by atoms with van der Waals surface area (Å²) < 4.78 is 18.4. The summed E-state index contributed by atoms with van der Waals surface area (Å²) in [5.74, 6) is 0.732. The quantitative estimate of drug-likeness (QED) is 0.346. The standard InChI is InChI=1S/C27H33N3O4/c1-6-21(7-2)34-27(31)29-20-10-8-19(9-11-20)26-24(17-28)23-13-12-22(33-15-14-32-5)16-25(23)30(26)18(3)4/h8-13,16,18,21H,6-7,14-15H2,1-5H3,(H,29,31). The first kappa shape index (κ1) is 25.1. The third-order valence-electron chi connectivity index (χ3n) is 5.75. The van der Waals surface area contributed by atoms with Crippen LogP contribution in [-0.2, 0) is 9.47 Å². The van der Waals surface area contributed by atoms with Crippen molar-refractivity contribution in [1.82, 2.24) is 4.57 Å². The molecule has 0 radical (unpaired) electrons. The number of nitriles is 1. The van der Waals surface area contributed by atoms with Crippen LogP contribution in [0.2, 0.25) is 0 Å². The lowest BCUT2D eigenvalue weighted by Gasteiger charge is -2.17. The summed E-state index contributed by atoms with van der Waals surface area (Å²) in [6, 6.07) is 15.8. The Labute approximate surface area is 201 Å². The van der Waals surface area contributed by atoms with Crippen LogP contribution in [0, 0.1) is 11.3 Å². The minimum atomic E-state index is -0.462. The van der Waals surface area contributed by atoms with E-state index in [0.717, 1.165) is 40.8 Å². The molecular weight excluding hydrogens is 430 g/mol. The summed E-state index contributed by atoms with van der Waals surface area (Å²) in [4.78, 5) is 12.2. The number of carbonyl (C=O) groups excluding carboxylic acids is 1. The first-order valence-corrected chi connectivity index (χ1v) is 11.7. The van der Waals surface area contributed by atoms with Crippen LogP contribution in [0.1, 0.15) is 52.1 Å². The van der Waals surface area contributed by atoms with Gasteiger partial charge in [0.1, 0.15) is 24.5 Å². The van der Waals surface area contributed by atoms with E-state index in [1.807, 2.05) is 56.3 Å². The van der Waals surface area contributed by atoms with Gasteiger partial charge in [-0.2, -0.15) is 5.26 Å². The summed E-state index contributed by atoms with van der Waals surface area (Å²) >= 11 is 0. The lowest BCUT2D eigenvalue weighted by Crippen LogP contribution is -2.21. The molecule has 1 heterocycles. The van der Waals surface area contributed by atoms with Crippen molar-refractivity contribution in [3.8, 4) is 23.1 Å². The maximum Gasteiger partial charge on any atom is 0.411 e. The van der Waals surface area contributed by atoms with Gasteiger partial charge in [0.25, 0.3) is 0 Å². The maximum absolute atomic E-state index is 12.2. The molecule has 0 aliphatic heterocycles. The van der Waals surface area contributed by atoms with Gasteiger partial charge in [-0.15, -0.1) is 0 Å². The summed E-state index contributed by atoms with van der Waals surface area (Å²) in [5, 5.41) is 13.7. The first-order valence-electron chi connectivity index (χ1n) is 11.7. The number of nitrogens with one attached hydrogen (secondary N) is 1. The summed E-state index contributed by atoms with van der Waals surface area (Å²) in [6.07, 6.45) is 0.996. The average Bonchev–Trinajstić information content (AvgIpc) is 3.17. The SMILES string of the molecule is CCC(CC)OC(=O)Nc1ccc(-c2c(C#N)c3ccc(OCCOC)cc3n2C(C)C)cc1. The molecule has 1 aromatic heterocycles. The molecule has 0 atom stereocenters. The number of benzene rings is 2. The molecule has 0 spiro atoms. The number of ether oxygens (including phenoxy) is 3. The van der Waals surface area contributed by atoms with E-state index in [0.29, 0.717) is 24.5 Å². The number of hydrogen-bond donors (Lipinski definition) is 1. The van der Waals surface area contributed by atoms with Crippen LogP contribution in [0.3, 0.4) is 0 Å². The number of methoxy groups -OCH3 is 1. The zero-order chi connectivity index (χ0) is 24.7. The van der Waals surface area contributed by atoms with E-state index >= 15 is 0 Å². The number of aromatic nitrogens is 1. The van der Waals surface area contributed by atoms with E-state index in [2.05, 4.69) is 29.8 Å². The number of hydrogen-bond acceptors (Lipinski definition) is 5. The van der Waals surface area contributed by atoms with E-state index in [4.69, 9.17) is 14.2 Å². The highest BCUT2D eigenvalue weighted by Crippen LogP contribution is 2.38. The normalized spacial score (nSPS) is 11.1. The van der Waals surface area contributed by atoms with Gasteiger partial charge in [0.15, 0.2) is 0 Å². The monoisotopic (exact) mass is 463 g/mol. The molecule has 0 saturated carbocycles. The zero-order valence-corrected chi connectivity index (χ0v) is 20.6. The molecule has 0 fully saturated rings. The number of rotatable bonds is 10. The average molecular weight is 464 g/mol. The predicted octanol–water partition coefficient (Wildman–Crippen LogP) is 6.52. The molecule has 3 aromatic rings. The molecule has 34 heavy (non-hydrogen) atoms. The van der Waals surface area contributed by atoms with E-state index in [1.165, 1.54) is 0 Å². The number of amides is 1. The van der Waals surface area contributed by atoms with E-state index < -0.39 is 6.09 Å². The largest absolute Gasteiger partial charge is 0.491 e. The smallest absolute Gasteiger partial charge is 0.411 e. The fourth-order valence-electron chi connectivity index (χ4n) is 4.02. The minimum Gasteiger partial charge on any atom is -0.491 e. The highest BCUT2D eigenvalue weighted by Gasteiger charge is 2.21. The van der Waals surface area contributed by atoms with Crippen LogP contribution in [0.5, 0.6) is 5.75 Å². The van der Waals surface area contributed by atoms with Gasteiger partial charge < -0.3 is 18.8 Å². The third kappa shape index (κ3) is 5.52. The predicted molar refractivity (Wildman–Crippen MR) is 134 cm³/mol. The van der Waals surface area contributed by atoms with Crippen molar-refractivity contribution >= 4 is 22.7 Å². The van der Waals surface area contributed by atoms with Crippen LogP contribution < -0.4 is 10.1 Å². The Kier molecular flexibility index (Phi) is 8.55. The molecule has 0 aliphatic rings. The Morgan fingerprint density at radius 2 is 1.79 bits per heavy atom. The van der Waals surface area contributed by atoms with Crippen molar-refractivity contribution in [2.45, 2.75) is 52.7 Å². The molecule has 7 nitrogen and oxygen atoms in total. The molecule has 0 aliphatic carbocycles. The molecule has 3 rings (SSSR count). The fourth-order valence-corrected chi connectivity index (χ4v) is 4.02. The van der Waals surface area contributed by atoms with Gasteiger partial charge in [-0.05, 0) is 56.5 Å². The number of carbonyl (C=O) groups is 1. The topological polar surface area (TPSA) is 85.5 Å². The van der Waals surface area contributed by atoms with Crippen LogP contribution in [-0.4, -0.2) is 37.1 Å². The summed E-state index contributed by atoms with van der Waals surface area (Å²) in [7, 11) is 1.64. The minimum absolute atomic E-state index is 0.0948. The maximum atomic E-state index is 12.2. The van der Waals surface area contributed by atoms with Gasteiger partial charge in [0.05, 0.1) is 23.4 Å². The molecule has 0 unspecified atom stereocenters. The molecule has 0 bridgehead atoms. The second-order valence-electron chi connectivity index (χ2n) is 8.37. The van der Waals surface area contributed by atoms with Crippen LogP contribution in [0.4, 0.5) is 10.5 Å². The molecule has 1 N–H and O–H groups in total. The highest BCUT2D eigenvalue weighted by atomic mass is 16.6. The van der Waals surface area contributed by atoms with Crippen molar-refractivity contribution in [3.63, 3.8) is 0 Å². The number of anilines is 1. The second-order valence-corrected chi connectivity index (χ2v) is 8.37. The van der Waals surface area contributed by atoms with Crippen molar-refractivity contribution in [2.75, 3.05) is 25.6 Å². The molecule has 7 heteroatoms. The van der Waals surface area contributed by atoms with Crippen LogP contribution >= 0.6 is 0 Å². The summed E-state index contributed by atoms with van der Waals surface area (Å²) in [5.41, 5.74) is 3.92. The first-order chi connectivity index (χ1) is 16.4. The third-order valence-corrected chi connectivity index (χ3v) is 5.75. The molecule has 1 amide bonds. The fraction of sp³-hybridized carbons (Fsp3) is 0.407. The Morgan fingerprint density at radius 3 is 2.38 bits per heavy atom. The lowest BCUT2D eigenvalue weighted by molar-refractivity contribution is 0.106. The van der Waals surface area contributed by atoms with Crippen molar-refractivity contribution in [1.29, 1.82) is 5.26 Å². The van der Waals surface area contributed by atoms with Gasteiger partial charge in [-0.1, -0.05) is 26.0 Å². The lowest BCUT2D eigenvalue weighted by atomic mass is 10.1. The van der Waals surface area contributed by atoms with E-state index in [9.17, 15) is 10.1 Å². The van der Waals surface area contributed by atoms with Gasteiger partial charge >= 0.3 is 6.09 Å². The Balaban J connectivity index is 1.96. The molecule has 2 aromatic carbocycles. The zero-order valence-electron chi connectivity index (χ0n) is 20.6. The Morgan fingerprint density at radius 1 is 1.09 bits per heavy atom. The Bertz CT molecular complexity index is 1160. The van der Waals surface area contributed by atoms with Crippen LogP contribution in [0.15, 0.2) is 42.5 Å². The Hall–Kier alpha value is -3.50. The second kappa shape index (κ2) is 11.6. The van der Waals surface area contributed by atoms with Gasteiger partial charge in [-0.25, -0.2) is 4.79 Å². The van der Waals surface area contributed by atoms with Gasteiger partial charge in [0, 0.05) is 30.3 Å².